The summed E-state index contributed by atoms with van der Waals surface area (Å²) in [6.45, 7) is 2.40. The Labute approximate surface area is 111 Å². The van der Waals surface area contributed by atoms with E-state index in [-0.39, 0.29) is 5.69 Å². The lowest BCUT2D eigenvalue weighted by atomic mass is 10.1. The molecule has 0 atom stereocenters. The molecule has 0 bridgehead atoms. The van der Waals surface area contributed by atoms with Gasteiger partial charge in [0.25, 0.3) is 5.69 Å². The average molecular weight is 257 g/mol. The van der Waals surface area contributed by atoms with E-state index in [0.29, 0.717) is 6.61 Å². The number of non-ortho nitro benzene ring substituents is 1. The highest BCUT2D eigenvalue weighted by Gasteiger charge is 2.06. The number of rotatable bonds is 5. The van der Waals surface area contributed by atoms with E-state index in [1.165, 1.54) is 12.1 Å². The molecule has 0 aromatic heterocycles. The van der Waals surface area contributed by atoms with Gasteiger partial charge >= 0.3 is 0 Å². The van der Waals surface area contributed by atoms with Crippen LogP contribution in [0.5, 0.6) is 5.75 Å². The van der Waals surface area contributed by atoms with Crippen LogP contribution < -0.4 is 4.74 Å². The third-order valence-electron chi connectivity index (χ3n) is 2.87. The van der Waals surface area contributed by atoms with Gasteiger partial charge < -0.3 is 4.74 Å². The van der Waals surface area contributed by atoms with E-state index < -0.39 is 4.92 Å². The van der Waals surface area contributed by atoms with Crippen LogP contribution in [0.1, 0.15) is 18.1 Å². The van der Waals surface area contributed by atoms with Crippen LogP contribution in [0.25, 0.3) is 0 Å². The van der Waals surface area contributed by atoms with Gasteiger partial charge in [-0.1, -0.05) is 37.3 Å². The molecule has 0 aliphatic rings. The van der Waals surface area contributed by atoms with Crippen molar-refractivity contribution < 1.29 is 9.66 Å². The van der Waals surface area contributed by atoms with E-state index in [2.05, 4.69) is 6.92 Å². The van der Waals surface area contributed by atoms with Gasteiger partial charge in [-0.2, -0.15) is 0 Å². The van der Waals surface area contributed by atoms with Crippen molar-refractivity contribution in [2.75, 3.05) is 0 Å². The van der Waals surface area contributed by atoms with Crippen molar-refractivity contribution >= 4 is 5.69 Å². The number of para-hydroxylation sites is 1. The second kappa shape index (κ2) is 6.00. The SMILES string of the molecule is CCc1ccccc1OCc1cccc([N+](=O)[O-])c1. The molecule has 0 saturated carbocycles. The quantitative estimate of drug-likeness (QED) is 0.605. The summed E-state index contributed by atoms with van der Waals surface area (Å²) in [5.74, 6) is 0.830. The standard InChI is InChI=1S/C15H15NO3/c1-2-13-7-3-4-9-15(13)19-11-12-6-5-8-14(10-12)16(17)18/h3-10H,2,11H2,1H3. The molecule has 2 aromatic carbocycles. The zero-order chi connectivity index (χ0) is 13.7. The summed E-state index contributed by atoms with van der Waals surface area (Å²) in [6, 6.07) is 14.3. The summed E-state index contributed by atoms with van der Waals surface area (Å²) in [5, 5.41) is 10.7. The summed E-state index contributed by atoms with van der Waals surface area (Å²) in [6.07, 6.45) is 0.894. The van der Waals surface area contributed by atoms with E-state index in [9.17, 15) is 10.1 Å². The van der Waals surface area contributed by atoms with E-state index in [1.54, 1.807) is 6.07 Å². The topological polar surface area (TPSA) is 52.4 Å². The fourth-order valence-corrected chi connectivity index (χ4v) is 1.86. The minimum Gasteiger partial charge on any atom is -0.489 e. The van der Waals surface area contributed by atoms with Crippen LogP contribution in [-0.4, -0.2) is 4.92 Å². The third kappa shape index (κ3) is 3.31. The Bertz CT molecular complexity index is 581. The predicted molar refractivity (Wildman–Crippen MR) is 73.2 cm³/mol. The molecular weight excluding hydrogens is 242 g/mol. The molecule has 0 amide bonds. The molecular formula is C15H15NO3. The van der Waals surface area contributed by atoms with Gasteiger partial charge in [-0.05, 0) is 23.6 Å². The molecule has 19 heavy (non-hydrogen) atoms. The molecule has 0 saturated heterocycles. The van der Waals surface area contributed by atoms with Crippen LogP contribution in [0.2, 0.25) is 0 Å². The zero-order valence-electron chi connectivity index (χ0n) is 10.7. The molecule has 0 radical (unpaired) electrons. The number of hydrogen-bond donors (Lipinski definition) is 0. The molecule has 0 unspecified atom stereocenters. The maximum absolute atomic E-state index is 10.7. The van der Waals surface area contributed by atoms with Crippen molar-refractivity contribution in [1.82, 2.24) is 0 Å². The molecule has 2 rings (SSSR count). The van der Waals surface area contributed by atoms with Gasteiger partial charge in [0.15, 0.2) is 0 Å². The first-order valence-electron chi connectivity index (χ1n) is 6.14. The summed E-state index contributed by atoms with van der Waals surface area (Å²) in [4.78, 5) is 10.3. The van der Waals surface area contributed by atoms with Crippen molar-refractivity contribution in [3.63, 3.8) is 0 Å². The number of aryl methyl sites for hydroxylation is 1. The highest BCUT2D eigenvalue weighted by Crippen LogP contribution is 2.20. The molecule has 2 aromatic rings. The predicted octanol–water partition coefficient (Wildman–Crippen LogP) is 3.74. The fraction of sp³-hybridized carbons (Fsp3) is 0.200. The molecule has 0 heterocycles. The van der Waals surface area contributed by atoms with Gasteiger partial charge in [0.1, 0.15) is 12.4 Å². The molecule has 98 valence electrons. The number of ether oxygens (including phenoxy) is 1. The van der Waals surface area contributed by atoms with Crippen LogP contribution in [0.4, 0.5) is 5.69 Å². The van der Waals surface area contributed by atoms with Crippen LogP contribution in [0.15, 0.2) is 48.5 Å². The van der Waals surface area contributed by atoms with Crippen LogP contribution >= 0.6 is 0 Å². The maximum atomic E-state index is 10.7. The first-order chi connectivity index (χ1) is 9.20. The van der Waals surface area contributed by atoms with Gasteiger partial charge in [0, 0.05) is 12.1 Å². The number of benzene rings is 2. The Kier molecular flexibility index (Phi) is 4.13. The monoisotopic (exact) mass is 257 g/mol. The fourth-order valence-electron chi connectivity index (χ4n) is 1.86. The van der Waals surface area contributed by atoms with Crippen molar-refractivity contribution in [3.8, 4) is 5.75 Å². The lowest BCUT2D eigenvalue weighted by Crippen LogP contribution is -1.99. The van der Waals surface area contributed by atoms with Gasteiger partial charge in [0.2, 0.25) is 0 Å². The normalized spacial score (nSPS) is 10.2. The summed E-state index contributed by atoms with van der Waals surface area (Å²) >= 11 is 0. The minimum absolute atomic E-state index is 0.0878. The molecule has 4 nitrogen and oxygen atoms in total. The second-order valence-corrected chi connectivity index (χ2v) is 4.18. The Morgan fingerprint density at radius 3 is 2.68 bits per heavy atom. The van der Waals surface area contributed by atoms with Gasteiger partial charge in [-0.3, -0.25) is 10.1 Å². The van der Waals surface area contributed by atoms with E-state index in [0.717, 1.165) is 23.3 Å². The van der Waals surface area contributed by atoms with E-state index in [1.807, 2.05) is 30.3 Å². The largest absolute Gasteiger partial charge is 0.489 e. The summed E-state index contributed by atoms with van der Waals surface area (Å²) in [5.41, 5.74) is 2.01. The molecule has 0 N–H and O–H groups in total. The zero-order valence-corrected chi connectivity index (χ0v) is 10.7. The van der Waals surface area contributed by atoms with Gasteiger partial charge in [0.05, 0.1) is 4.92 Å². The van der Waals surface area contributed by atoms with Crippen LogP contribution in [0, 0.1) is 10.1 Å². The number of nitro benzene ring substituents is 1. The lowest BCUT2D eigenvalue weighted by Gasteiger charge is -2.10. The summed E-state index contributed by atoms with van der Waals surface area (Å²) < 4.78 is 5.73. The highest BCUT2D eigenvalue weighted by atomic mass is 16.6. The van der Waals surface area contributed by atoms with Gasteiger partial charge in [-0.25, -0.2) is 0 Å². The number of nitro groups is 1. The van der Waals surface area contributed by atoms with Crippen LogP contribution in [0.3, 0.4) is 0 Å². The molecule has 0 aliphatic heterocycles. The minimum atomic E-state index is -0.399. The molecule has 0 spiro atoms. The Morgan fingerprint density at radius 2 is 1.95 bits per heavy atom. The lowest BCUT2D eigenvalue weighted by molar-refractivity contribution is -0.384. The molecule has 0 fully saturated rings. The first-order valence-corrected chi connectivity index (χ1v) is 6.14. The second-order valence-electron chi connectivity index (χ2n) is 4.18. The number of hydrogen-bond acceptors (Lipinski definition) is 3. The van der Waals surface area contributed by atoms with E-state index in [4.69, 9.17) is 4.74 Å². The molecule has 0 aliphatic carbocycles. The maximum Gasteiger partial charge on any atom is 0.269 e. The van der Waals surface area contributed by atoms with E-state index >= 15 is 0 Å². The Morgan fingerprint density at radius 1 is 1.16 bits per heavy atom. The first kappa shape index (κ1) is 13.1. The third-order valence-corrected chi connectivity index (χ3v) is 2.87. The van der Waals surface area contributed by atoms with Crippen molar-refractivity contribution in [2.45, 2.75) is 20.0 Å². The van der Waals surface area contributed by atoms with Crippen molar-refractivity contribution in [1.29, 1.82) is 0 Å². The molecule has 4 heteroatoms. The Hall–Kier alpha value is -2.36. The Balaban J connectivity index is 2.10. The smallest absolute Gasteiger partial charge is 0.269 e. The average Bonchev–Trinajstić information content (AvgIpc) is 2.45. The van der Waals surface area contributed by atoms with Crippen molar-refractivity contribution in [3.05, 3.63) is 69.8 Å². The highest BCUT2D eigenvalue weighted by molar-refractivity contribution is 5.36. The van der Waals surface area contributed by atoms with Crippen LogP contribution in [-0.2, 0) is 13.0 Å². The van der Waals surface area contributed by atoms with Crippen molar-refractivity contribution in [2.24, 2.45) is 0 Å². The summed E-state index contributed by atoms with van der Waals surface area (Å²) in [7, 11) is 0. The van der Waals surface area contributed by atoms with Gasteiger partial charge in [-0.15, -0.1) is 0 Å². The number of nitrogens with zero attached hydrogens (tertiary/aromatic N) is 1.